The largest absolute Gasteiger partial charge is 0.459 e. The molecule has 3 N–H and O–H groups in total. The van der Waals surface area contributed by atoms with Crippen molar-refractivity contribution in [2.45, 2.75) is 13.0 Å². The van der Waals surface area contributed by atoms with Crippen molar-refractivity contribution in [3.8, 4) is 0 Å². The van der Waals surface area contributed by atoms with E-state index in [1.807, 2.05) is 43.3 Å². The zero-order chi connectivity index (χ0) is 15.0. The molecule has 0 aliphatic heterocycles. The Morgan fingerprint density at radius 2 is 2.00 bits per heavy atom. The van der Waals surface area contributed by atoms with E-state index in [1.165, 1.54) is 0 Å². The Morgan fingerprint density at radius 1 is 1.19 bits per heavy atom. The van der Waals surface area contributed by atoms with Crippen LogP contribution in [-0.4, -0.2) is 0 Å². The van der Waals surface area contributed by atoms with Crippen molar-refractivity contribution in [2.75, 3.05) is 0 Å². The highest BCUT2D eigenvalue weighted by molar-refractivity contribution is 9.10. The molecule has 1 heterocycles. The summed E-state index contributed by atoms with van der Waals surface area (Å²) < 4.78 is 6.94. The van der Waals surface area contributed by atoms with E-state index in [1.54, 1.807) is 0 Å². The van der Waals surface area contributed by atoms with E-state index in [2.05, 4.69) is 27.4 Å². The number of halogens is 2. The lowest BCUT2D eigenvalue weighted by atomic mass is 10.00. The van der Waals surface area contributed by atoms with Crippen molar-refractivity contribution in [1.82, 2.24) is 5.43 Å². The Hall–Kier alpha value is -1.33. The third-order valence-corrected chi connectivity index (χ3v) is 4.22. The van der Waals surface area contributed by atoms with E-state index < -0.39 is 0 Å². The number of rotatable bonds is 3. The van der Waals surface area contributed by atoms with Crippen LogP contribution in [0.2, 0.25) is 5.02 Å². The molecule has 0 saturated carbocycles. The second kappa shape index (κ2) is 5.81. The molecule has 0 aliphatic rings. The number of nitrogens with two attached hydrogens (primary N) is 1. The number of hydrogen-bond acceptors (Lipinski definition) is 3. The molecule has 0 bridgehead atoms. The van der Waals surface area contributed by atoms with E-state index >= 15 is 0 Å². The predicted octanol–water partition coefficient (Wildman–Crippen LogP) is 4.71. The van der Waals surface area contributed by atoms with Crippen molar-refractivity contribution < 1.29 is 4.42 Å². The van der Waals surface area contributed by atoms with Gasteiger partial charge in [0, 0.05) is 14.9 Å². The van der Waals surface area contributed by atoms with Crippen LogP contribution in [0.3, 0.4) is 0 Å². The Balaban J connectivity index is 2.09. The monoisotopic (exact) mass is 364 g/mol. The normalized spacial score (nSPS) is 12.8. The highest BCUT2D eigenvalue weighted by atomic mass is 79.9. The summed E-state index contributed by atoms with van der Waals surface area (Å²) in [4.78, 5) is 0. The molecule has 0 fully saturated rings. The molecule has 0 aliphatic carbocycles. The molecule has 3 aromatic rings. The van der Waals surface area contributed by atoms with Crippen LogP contribution in [0.1, 0.15) is 22.9 Å². The highest BCUT2D eigenvalue weighted by Gasteiger charge is 2.19. The Labute approximate surface area is 136 Å². The molecule has 1 atom stereocenters. The third kappa shape index (κ3) is 2.85. The minimum Gasteiger partial charge on any atom is -0.459 e. The van der Waals surface area contributed by atoms with Gasteiger partial charge in [0.2, 0.25) is 0 Å². The summed E-state index contributed by atoms with van der Waals surface area (Å²) in [7, 11) is 0. The van der Waals surface area contributed by atoms with Crippen molar-refractivity contribution >= 4 is 38.5 Å². The average Bonchev–Trinajstić information content (AvgIpc) is 2.84. The number of furan rings is 1. The lowest BCUT2D eigenvalue weighted by Crippen LogP contribution is -2.29. The molecule has 108 valence electrons. The fraction of sp³-hybridized carbons (Fsp3) is 0.125. The number of hydrazine groups is 1. The summed E-state index contributed by atoms with van der Waals surface area (Å²) in [6.45, 7) is 2.05. The minimum atomic E-state index is -0.204. The van der Waals surface area contributed by atoms with Crippen LogP contribution in [0.25, 0.3) is 11.0 Å². The van der Waals surface area contributed by atoms with Crippen LogP contribution < -0.4 is 11.3 Å². The first-order valence-electron chi connectivity index (χ1n) is 6.49. The van der Waals surface area contributed by atoms with Crippen LogP contribution in [0.15, 0.2) is 51.4 Å². The van der Waals surface area contributed by atoms with Crippen molar-refractivity contribution in [1.29, 1.82) is 0 Å². The van der Waals surface area contributed by atoms with Gasteiger partial charge < -0.3 is 4.42 Å². The summed E-state index contributed by atoms with van der Waals surface area (Å²) in [5, 5.41) is 1.65. The standard InChI is InChI=1S/C16H14BrClN2O/c1-9-6-11(17)2-4-13(9)16(20-19)15-8-10-7-12(18)3-5-14(10)21-15/h2-8,16,20H,19H2,1H3. The van der Waals surface area contributed by atoms with Gasteiger partial charge in [-0.2, -0.15) is 0 Å². The third-order valence-electron chi connectivity index (χ3n) is 3.49. The number of benzene rings is 2. The quantitative estimate of drug-likeness (QED) is 0.522. The molecule has 3 nitrogen and oxygen atoms in total. The van der Waals surface area contributed by atoms with Gasteiger partial charge in [-0.3, -0.25) is 5.84 Å². The second-order valence-electron chi connectivity index (χ2n) is 4.93. The molecule has 21 heavy (non-hydrogen) atoms. The maximum Gasteiger partial charge on any atom is 0.134 e. The van der Waals surface area contributed by atoms with Gasteiger partial charge in [0.25, 0.3) is 0 Å². The van der Waals surface area contributed by atoms with E-state index in [0.717, 1.165) is 32.3 Å². The van der Waals surface area contributed by atoms with Crippen molar-refractivity contribution in [3.05, 3.63) is 68.8 Å². The van der Waals surface area contributed by atoms with Crippen LogP contribution in [-0.2, 0) is 0 Å². The van der Waals surface area contributed by atoms with Gasteiger partial charge in [0.05, 0.1) is 0 Å². The zero-order valence-corrected chi connectivity index (χ0v) is 13.7. The van der Waals surface area contributed by atoms with Gasteiger partial charge in [-0.1, -0.05) is 33.6 Å². The lowest BCUT2D eigenvalue weighted by molar-refractivity contribution is 0.476. The van der Waals surface area contributed by atoms with E-state index in [4.69, 9.17) is 21.9 Å². The SMILES string of the molecule is Cc1cc(Br)ccc1C(NN)c1cc2cc(Cl)ccc2o1. The van der Waals surface area contributed by atoms with Crippen LogP contribution in [0.5, 0.6) is 0 Å². The average molecular weight is 366 g/mol. The molecular formula is C16H14BrClN2O. The molecule has 2 aromatic carbocycles. The molecule has 0 saturated heterocycles. The summed E-state index contributed by atoms with van der Waals surface area (Å²) in [5.41, 5.74) is 5.83. The van der Waals surface area contributed by atoms with Crippen LogP contribution >= 0.6 is 27.5 Å². The van der Waals surface area contributed by atoms with Crippen molar-refractivity contribution in [2.24, 2.45) is 5.84 Å². The fourth-order valence-electron chi connectivity index (χ4n) is 2.47. The van der Waals surface area contributed by atoms with E-state index in [-0.39, 0.29) is 6.04 Å². The lowest BCUT2D eigenvalue weighted by Gasteiger charge is -2.16. The summed E-state index contributed by atoms with van der Waals surface area (Å²) in [6.07, 6.45) is 0. The summed E-state index contributed by atoms with van der Waals surface area (Å²) in [6, 6.07) is 13.4. The predicted molar refractivity (Wildman–Crippen MR) is 89.3 cm³/mol. The van der Waals surface area contributed by atoms with Crippen LogP contribution in [0, 0.1) is 6.92 Å². The van der Waals surface area contributed by atoms with Gasteiger partial charge >= 0.3 is 0 Å². The maximum atomic E-state index is 6.01. The molecule has 1 unspecified atom stereocenters. The topological polar surface area (TPSA) is 51.2 Å². The molecule has 3 rings (SSSR count). The molecular weight excluding hydrogens is 352 g/mol. The number of hydrogen-bond donors (Lipinski definition) is 2. The first-order valence-corrected chi connectivity index (χ1v) is 7.67. The molecule has 0 radical (unpaired) electrons. The van der Waals surface area contributed by atoms with Gasteiger partial charge in [0.1, 0.15) is 17.4 Å². The smallest absolute Gasteiger partial charge is 0.134 e. The van der Waals surface area contributed by atoms with E-state index in [9.17, 15) is 0 Å². The molecule has 0 amide bonds. The van der Waals surface area contributed by atoms with Gasteiger partial charge in [-0.25, -0.2) is 5.43 Å². The van der Waals surface area contributed by atoms with Crippen molar-refractivity contribution in [3.63, 3.8) is 0 Å². The summed E-state index contributed by atoms with van der Waals surface area (Å²) in [5.74, 6) is 6.51. The highest BCUT2D eigenvalue weighted by Crippen LogP contribution is 2.31. The second-order valence-corrected chi connectivity index (χ2v) is 6.28. The summed E-state index contributed by atoms with van der Waals surface area (Å²) >= 11 is 9.48. The van der Waals surface area contributed by atoms with E-state index in [0.29, 0.717) is 5.02 Å². The first kappa shape index (κ1) is 14.6. The molecule has 0 spiro atoms. The van der Waals surface area contributed by atoms with Gasteiger partial charge in [-0.05, 0) is 54.4 Å². The number of aryl methyl sites for hydroxylation is 1. The minimum absolute atomic E-state index is 0.204. The Morgan fingerprint density at radius 3 is 2.71 bits per heavy atom. The Bertz CT molecular complexity index is 800. The Kier molecular flexibility index (Phi) is 4.04. The zero-order valence-electron chi connectivity index (χ0n) is 11.4. The maximum absolute atomic E-state index is 6.01. The fourth-order valence-corrected chi connectivity index (χ4v) is 3.12. The molecule has 5 heteroatoms. The number of nitrogens with one attached hydrogen (secondary N) is 1. The van der Waals surface area contributed by atoms with Crippen LogP contribution in [0.4, 0.5) is 0 Å². The first-order chi connectivity index (χ1) is 10.1. The number of fused-ring (bicyclic) bond motifs is 1. The molecule has 1 aromatic heterocycles. The van der Waals surface area contributed by atoms with Gasteiger partial charge in [0.15, 0.2) is 0 Å². The van der Waals surface area contributed by atoms with Gasteiger partial charge in [-0.15, -0.1) is 0 Å².